The van der Waals surface area contributed by atoms with E-state index < -0.39 is 0 Å². The van der Waals surface area contributed by atoms with Crippen LogP contribution in [0.25, 0.3) is 0 Å². The topological polar surface area (TPSA) is 52.8 Å². The van der Waals surface area contributed by atoms with E-state index in [0.717, 1.165) is 65.2 Å². The number of carbonyl (C=O) groups excluding carboxylic acids is 1. The van der Waals surface area contributed by atoms with Crippen molar-refractivity contribution in [2.45, 2.75) is 26.2 Å². The number of hydrogen-bond acceptors (Lipinski definition) is 3. The number of urea groups is 1. The van der Waals surface area contributed by atoms with Crippen LogP contribution in [0.15, 0.2) is 0 Å². The Bertz CT molecular complexity index is 289. The molecule has 0 radical (unpaired) electrons. The summed E-state index contributed by atoms with van der Waals surface area (Å²) in [5, 5.41) is 0. The number of amides is 2. The van der Waals surface area contributed by atoms with Crippen molar-refractivity contribution in [2.24, 2.45) is 11.7 Å². The monoisotopic (exact) mass is 268 g/mol. The Hall–Kier alpha value is -0.810. The molecule has 5 heteroatoms. The summed E-state index contributed by atoms with van der Waals surface area (Å²) in [6.45, 7) is 9.67. The van der Waals surface area contributed by atoms with Crippen molar-refractivity contribution < 1.29 is 4.79 Å². The maximum atomic E-state index is 12.4. The predicted octanol–water partition coefficient (Wildman–Crippen LogP) is 0.805. The fourth-order valence-corrected chi connectivity index (χ4v) is 3.04. The van der Waals surface area contributed by atoms with Gasteiger partial charge in [-0.2, -0.15) is 0 Å². The van der Waals surface area contributed by atoms with Gasteiger partial charge in [-0.3, -0.25) is 4.90 Å². The highest BCUT2D eigenvalue weighted by Gasteiger charge is 2.27. The molecule has 0 aromatic heterocycles. The minimum absolute atomic E-state index is 0.255. The molecule has 5 nitrogen and oxygen atoms in total. The van der Waals surface area contributed by atoms with Gasteiger partial charge >= 0.3 is 6.03 Å². The van der Waals surface area contributed by atoms with Crippen molar-refractivity contribution in [3.63, 3.8) is 0 Å². The molecule has 2 rings (SSSR count). The fourth-order valence-electron chi connectivity index (χ4n) is 3.04. The summed E-state index contributed by atoms with van der Waals surface area (Å²) in [5.74, 6) is 0.656. The molecule has 2 amide bonds. The lowest BCUT2D eigenvalue weighted by atomic mass is 10.0. The smallest absolute Gasteiger partial charge is 0.320 e. The average molecular weight is 268 g/mol. The van der Waals surface area contributed by atoms with Gasteiger partial charge in [0.1, 0.15) is 0 Å². The minimum atomic E-state index is 0.255. The third-order valence-electron chi connectivity index (χ3n) is 4.25. The highest BCUT2D eigenvalue weighted by Crippen LogP contribution is 2.17. The van der Waals surface area contributed by atoms with Crippen molar-refractivity contribution in [2.75, 3.05) is 52.4 Å². The van der Waals surface area contributed by atoms with Crippen molar-refractivity contribution >= 4 is 6.03 Å². The Morgan fingerprint density at radius 2 is 1.89 bits per heavy atom. The maximum Gasteiger partial charge on any atom is 0.320 e. The van der Waals surface area contributed by atoms with E-state index in [1.54, 1.807) is 0 Å². The van der Waals surface area contributed by atoms with Crippen molar-refractivity contribution in [1.82, 2.24) is 14.7 Å². The number of carbonyl (C=O) groups is 1. The summed E-state index contributed by atoms with van der Waals surface area (Å²) < 4.78 is 0. The van der Waals surface area contributed by atoms with E-state index in [1.807, 2.05) is 9.80 Å². The van der Waals surface area contributed by atoms with Crippen LogP contribution in [0.4, 0.5) is 4.79 Å². The molecule has 19 heavy (non-hydrogen) atoms. The van der Waals surface area contributed by atoms with E-state index >= 15 is 0 Å². The summed E-state index contributed by atoms with van der Waals surface area (Å²) in [6, 6.07) is 0.255. The minimum Gasteiger partial charge on any atom is -0.330 e. The molecule has 110 valence electrons. The van der Waals surface area contributed by atoms with E-state index in [1.165, 1.54) is 6.42 Å². The van der Waals surface area contributed by atoms with Gasteiger partial charge in [0.15, 0.2) is 0 Å². The summed E-state index contributed by atoms with van der Waals surface area (Å²) in [4.78, 5) is 18.9. The second kappa shape index (κ2) is 7.10. The zero-order valence-electron chi connectivity index (χ0n) is 12.2. The number of hydrogen-bond donors (Lipinski definition) is 1. The van der Waals surface area contributed by atoms with E-state index in [2.05, 4.69) is 11.8 Å². The van der Waals surface area contributed by atoms with Crippen LogP contribution in [0.1, 0.15) is 26.2 Å². The number of nitrogens with zero attached hydrogens (tertiary/aromatic N) is 3. The van der Waals surface area contributed by atoms with Crippen LogP contribution in [-0.2, 0) is 0 Å². The zero-order chi connectivity index (χ0) is 13.7. The Kier molecular flexibility index (Phi) is 5.45. The van der Waals surface area contributed by atoms with Gasteiger partial charge < -0.3 is 15.5 Å². The third-order valence-corrected chi connectivity index (χ3v) is 4.25. The molecule has 2 aliphatic heterocycles. The van der Waals surface area contributed by atoms with Crippen molar-refractivity contribution in [1.29, 1.82) is 0 Å². The SMILES string of the molecule is CC1CCCN(C(=O)N2CCN(CCCN)CC2)C1. The molecule has 0 aromatic carbocycles. The molecule has 1 atom stereocenters. The molecule has 2 fully saturated rings. The lowest BCUT2D eigenvalue weighted by Gasteiger charge is -2.39. The van der Waals surface area contributed by atoms with E-state index in [0.29, 0.717) is 5.92 Å². The Morgan fingerprint density at radius 3 is 2.53 bits per heavy atom. The summed E-state index contributed by atoms with van der Waals surface area (Å²) in [6.07, 6.45) is 3.47. The van der Waals surface area contributed by atoms with E-state index in [9.17, 15) is 4.79 Å². The highest BCUT2D eigenvalue weighted by molar-refractivity contribution is 5.74. The van der Waals surface area contributed by atoms with Crippen LogP contribution in [0.3, 0.4) is 0 Å². The third kappa shape index (κ3) is 4.08. The van der Waals surface area contributed by atoms with Crippen molar-refractivity contribution in [3.8, 4) is 0 Å². The largest absolute Gasteiger partial charge is 0.330 e. The van der Waals surface area contributed by atoms with Gasteiger partial charge in [0.25, 0.3) is 0 Å². The molecular weight excluding hydrogens is 240 g/mol. The summed E-state index contributed by atoms with van der Waals surface area (Å²) in [5.41, 5.74) is 5.53. The molecule has 1 unspecified atom stereocenters. The fraction of sp³-hybridized carbons (Fsp3) is 0.929. The van der Waals surface area contributed by atoms with E-state index in [4.69, 9.17) is 5.73 Å². The zero-order valence-corrected chi connectivity index (χ0v) is 12.2. The second-order valence-corrected chi connectivity index (χ2v) is 5.95. The van der Waals surface area contributed by atoms with E-state index in [-0.39, 0.29) is 6.03 Å². The number of piperazine rings is 1. The van der Waals surface area contributed by atoms with Crippen LogP contribution in [0.5, 0.6) is 0 Å². The second-order valence-electron chi connectivity index (χ2n) is 5.95. The normalized spacial score (nSPS) is 25.7. The number of likely N-dealkylation sites (tertiary alicyclic amines) is 1. The first-order valence-corrected chi connectivity index (χ1v) is 7.67. The molecule has 2 aliphatic rings. The van der Waals surface area contributed by atoms with Crippen LogP contribution in [0.2, 0.25) is 0 Å². The van der Waals surface area contributed by atoms with Crippen molar-refractivity contribution in [3.05, 3.63) is 0 Å². The molecular formula is C14H28N4O. The van der Waals surface area contributed by atoms with Crippen LogP contribution in [0, 0.1) is 5.92 Å². The first kappa shape index (κ1) is 14.6. The quantitative estimate of drug-likeness (QED) is 0.824. The summed E-state index contributed by atoms with van der Waals surface area (Å²) >= 11 is 0. The Labute approximate surface area is 116 Å². The standard InChI is InChI=1S/C14H28N4O/c1-13-4-2-7-18(12-13)14(19)17-10-8-16(9-11-17)6-3-5-15/h13H,2-12,15H2,1H3. The highest BCUT2D eigenvalue weighted by atomic mass is 16.2. The first-order chi connectivity index (χ1) is 9.20. The lowest BCUT2D eigenvalue weighted by molar-refractivity contribution is 0.0999. The van der Waals surface area contributed by atoms with Gasteiger partial charge in [0.05, 0.1) is 0 Å². The number of rotatable bonds is 3. The molecule has 0 aromatic rings. The molecule has 2 N–H and O–H groups in total. The molecule has 2 heterocycles. The number of nitrogens with two attached hydrogens (primary N) is 1. The molecule has 0 aliphatic carbocycles. The average Bonchev–Trinajstić information content (AvgIpc) is 2.45. The molecule has 0 saturated carbocycles. The molecule has 2 saturated heterocycles. The van der Waals surface area contributed by atoms with Gasteiger partial charge in [0.2, 0.25) is 0 Å². The number of piperidine rings is 1. The first-order valence-electron chi connectivity index (χ1n) is 7.67. The molecule has 0 spiro atoms. The van der Waals surface area contributed by atoms with Gasteiger partial charge in [-0.1, -0.05) is 6.92 Å². The van der Waals surface area contributed by atoms with Gasteiger partial charge in [0, 0.05) is 39.3 Å². The van der Waals surface area contributed by atoms with Crippen LogP contribution < -0.4 is 5.73 Å². The Balaban J connectivity index is 1.75. The van der Waals surface area contributed by atoms with Gasteiger partial charge in [-0.25, -0.2) is 4.79 Å². The van der Waals surface area contributed by atoms with Crippen LogP contribution >= 0.6 is 0 Å². The predicted molar refractivity (Wildman–Crippen MR) is 77.1 cm³/mol. The maximum absolute atomic E-state index is 12.4. The molecule has 0 bridgehead atoms. The summed E-state index contributed by atoms with van der Waals surface area (Å²) in [7, 11) is 0. The van der Waals surface area contributed by atoms with Gasteiger partial charge in [-0.15, -0.1) is 0 Å². The lowest BCUT2D eigenvalue weighted by Crippen LogP contribution is -2.54. The van der Waals surface area contributed by atoms with Gasteiger partial charge in [-0.05, 0) is 38.3 Å². The Morgan fingerprint density at radius 1 is 1.16 bits per heavy atom. The van der Waals surface area contributed by atoms with Crippen LogP contribution in [-0.4, -0.2) is 73.1 Å².